The molecule has 1 fully saturated rings. The first kappa shape index (κ1) is 15.1. The molecule has 0 bridgehead atoms. The molecule has 6 heteroatoms. The quantitative estimate of drug-likeness (QED) is 0.686. The number of hydrogen-bond donors (Lipinski definition) is 1. The number of nitrogens with zero attached hydrogens (tertiary/aromatic N) is 2. The molecule has 0 aromatic heterocycles. The first-order chi connectivity index (χ1) is 9.38. The third-order valence-corrected chi connectivity index (χ3v) is 4.67. The molecule has 1 aromatic rings. The lowest BCUT2D eigenvalue weighted by Crippen LogP contribution is -2.40. The molecule has 0 radical (unpaired) electrons. The summed E-state index contributed by atoms with van der Waals surface area (Å²) in [7, 11) is 0. The minimum atomic E-state index is -0.697. The van der Waals surface area contributed by atoms with Crippen molar-refractivity contribution < 1.29 is 10.0 Å². The fraction of sp³-hybridized carbons (Fsp3) is 0.571. The summed E-state index contributed by atoms with van der Waals surface area (Å²) < 4.78 is 0. The summed E-state index contributed by atoms with van der Waals surface area (Å²) in [6.45, 7) is 7.51. The zero-order valence-corrected chi connectivity index (χ0v) is 12.8. The lowest BCUT2D eigenvalue weighted by Gasteiger charge is -2.36. The summed E-state index contributed by atoms with van der Waals surface area (Å²) in [5.74, 6) is 0. The number of thioether (sulfide) groups is 1. The summed E-state index contributed by atoms with van der Waals surface area (Å²) in [5.41, 5.74) is 1.31. The highest BCUT2D eigenvalue weighted by Crippen LogP contribution is 2.35. The molecule has 5 nitrogen and oxygen atoms in total. The summed E-state index contributed by atoms with van der Waals surface area (Å²) in [5, 5.41) is 21.8. The number of aliphatic hydroxyl groups excluding tert-OH is 1. The maximum absolute atomic E-state index is 11.3. The normalized spacial score (nSPS) is 24.5. The van der Waals surface area contributed by atoms with Crippen molar-refractivity contribution in [3.63, 3.8) is 0 Å². The maximum atomic E-state index is 11.3. The molecule has 0 spiro atoms. The molecule has 1 N–H and O–H groups in total. The maximum Gasteiger partial charge on any atom is 0.292 e. The number of hydrogen-bond acceptors (Lipinski definition) is 5. The van der Waals surface area contributed by atoms with E-state index < -0.39 is 6.10 Å². The summed E-state index contributed by atoms with van der Waals surface area (Å²) in [4.78, 5) is 13.0. The highest BCUT2D eigenvalue weighted by atomic mass is 32.2. The molecule has 2 rings (SSSR count). The van der Waals surface area contributed by atoms with Gasteiger partial charge in [-0.2, -0.15) is 11.8 Å². The van der Waals surface area contributed by atoms with Crippen molar-refractivity contribution in [1.82, 2.24) is 0 Å². The second-order valence-electron chi connectivity index (χ2n) is 5.34. The smallest absolute Gasteiger partial charge is 0.292 e. The van der Waals surface area contributed by atoms with Crippen molar-refractivity contribution in [2.24, 2.45) is 0 Å². The van der Waals surface area contributed by atoms with Crippen molar-refractivity contribution >= 4 is 23.1 Å². The zero-order valence-electron chi connectivity index (χ0n) is 11.9. The molecular weight excluding hydrogens is 276 g/mol. The van der Waals surface area contributed by atoms with Crippen LogP contribution in [0.2, 0.25) is 0 Å². The van der Waals surface area contributed by atoms with Crippen LogP contribution in [0.15, 0.2) is 18.2 Å². The van der Waals surface area contributed by atoms with E-state index in [1.807, 2.05) is 11.8 Å². The third kappa shape index (κ3) is 3.24. The topological polar surface area (TPSA) is 66.6 Å². The van der Waals surface area contributed by atoms with Crippen LogP contribution < -0.4 is 4.90 Å². The minimum absolute atomic E-state index is 0.0784. The first-order valence-electron chi connectivity index (χ1n) is 6.75. The van der Waals surface area contributed by atoms with Crippen LogP contribution in [-0.4, -0.2) is 33.6 Å². The molecule has 1 aromatic carbocycles. The highest BCUT2D eigenvalue weighted by Gasteiger charge is 2.27. The van der Waals surface area contributed by atoms with Crippen molar-refractivity contribution in [3.8, 4) is 0 Å². The summed E-state index contributed by atoms with van der Waals surface area (Å²) >= 11 is 1.91. The van der Waals surface area contributed by atoms with Crippen LogP contribution >= 0.6 is 11.8 Å². The fourth-order valence-corrected chi connectivity index (χ4v) is 3.91. The van der Waals surface area contributed by atoms with Crippen LogP contribution in [0.1, 0.15) is 32.4 Å². The standard InChI is InChI=1S/C14H20N2O3S/c1-9-7-15(8-10(2)20-9)13-5-4-12(11(3)17)6-14(13)16(18)19/h4-6,9-11,17H,7-8H2,1-3H3. The number of rotatable bonds is 3. The Bertz CT molecular complexity index is 497. The Kier molecular flexibility index (Phi) is 4.55. The second-order valence-corrected chi connectivity index (χ2v) is 7.23. The molecule has 0 saturated carbocycles. The van der Waals surface area contributed by atoms with E-state index in [4.69, 9.17) is 0 Å². The van der Waals surface area contributed by atoms with Crippen molar-refractivity contribution in [2.75, 3.05) is 18.0 Å². The molecule has 1 heterocycles. The Labute approximate surface area is 123 Å². The van der Waals surface area contributed by atoms with E-state index in [9.17, 15) is 15.2 Å². The van der Waals surface area contributed by atoms with Gasteiger partial charge in [0, 0.05) is 29.7 Å². The Morgan fingerprint density at radius 2 is 2.00 bits per heavy atom. The van der Waals surface area contributed by atoms with E-state index in [1.165, 1.54) is 6.07 Å². The van der Waals surface area contributed by atoms with Gasteiger partial charge in [0.2, 0.25) is 0 Å². The molecule has 0 aliphatic carbocycles. The van der Waals surface area contributed by atoms with E-state index in [-0.39, 0.29) is 10.6 Å². The van der Waals surface area contributed by atoms with E-state index in [0.29, 0.717) is 21.8 Å². The summed E-state index contributed by atoms with van der Waals surface area (Å²) in [6.07, 6.45) is -0.697. The lowest BCUT2D eigenvalue weighted by atomic mass is 10.1. The zero-order chi connectivity index (χ0) is 14.9. The number of aliphatic hydroxyl groups is 1. The van der Waals surface area contributed by atoms with Gasteiger partial charge in [-0.05, 0) is 18.6 Å². The van der Waals surface area contributed by atoms with Gasteiger partial charge in [0.15, 0.2) is 0 Å². The highest BCUT2D eigenvalue weighted by molar-refractivity contribution is 8.00. The molecule has 3 atom stereocenters. The molecular formula is C14H20N2O3S. The van der Waals surface area contributed by atoms with Gasteiger partial charge >= 0.3 is 0 Å². The Hall–Kier alpha value is -1.27. The van der Waals surface area contributed by atoms with E-state index >= 15 is 0 Å². The van der Waals surface area contributed by atoms with E-state index in [1.54, 1.807) is 19.1 Å². The van der Waals surface area contributed by atoms with E-state index in [2.05, 4.69) is 18.7 Å². The van der Waals surface area contributed by atoms with E-state index in [0.717, 1.165) is 13.1 Å². The number of anilines is 1. The molecule has 1 aliphatic heterocycles. The first-order valence-corrected chi connectivity index (χ1v) is 7.69. The number of benzene rings is 1. The molecule has 0 amide bonds. The third-order valence-electron chi connectivity index (χ3n) is 3.44. The Balaban J connectivity index is 2.37. The van der Waals surface area contributed by atoms with Crippen LogP contribution in [0.3, 0.4) is 0 Å². The van der Waals surface area contributed by atoms with Crippen LogP contribution in [0, 0.1) is 10.1 Å². The van der Waals surface area contributed by atoms with Gasteiger partial charge in [-0.1, -0.05) is 19.9 Å². The average Bonchev–Trinajstić information content (AvgIpc) is 2.36. The Morgan fingerprint density at radius 3 is 2.50 bits per heavy atom. The second kappa shape index (κ2) is 6.01. The Morgan fingerprint density at radius 1 is 1.40 bits per heavy atom. The molecule has 20 heavy (non-hydrogen) atoms. The molecule has 110 valence electrons. The predicted molar refractivity (Wildman–Crippen MR) is 82.5 cm³/mol. The predicted octanol–water partition coefficient (Wildman–Crippen LogP) is 2.98. The lowest BCUT2D eigenvalue weighted by molar-refractivity contribution is -0.384. The van der Waals surface area contributed by atoms with Crippen LogP contribution in [0.25, 0.3) is 0 Å². The SMILES string of the molecule is CC1CN(c2ccc(C(C)O)cc2[N+](=O)[O-])CC(C)S1. The minimum Gasteiger partial charge on any atom is -0.389 e. The summed E-state index contributed by atoms with van der Waals surface area (Å²) in [6, 6.07) is 5.01. The van der Waals surface area contributed by atoms with Crippen molar-refractivity contribution in [1.29, 1.82) is 0 Å². The average molecular weight is 296 g/mol. The van der Waals surface area contributed by atoms with Crippen LogP contribution in [-0.2, 0) is 0 Å². The molecule has 1 saturated heterocycles. The monoisotopic (exact) mass is 296 g/mol. The van der Waals surface area contributed by atoms with Gasteiger partial charge in [0.1, 0.15) is 5.69 Å². The van der Waals surface area contributed by atoms with Crippen LogP contribution in [0.4, 0.5) is 11.4 Å². The van der Waals surface area contributed by atoms with Gasteiger partial charge < -0.3 is 10.0 Å². The fourth-order valence-electron chi connectivity index (χ4n) is 2.59. The van der Waals surface area contributed by atoms with Gasteiger partial charge in [-0.3, -0.25) is 10.1 Å². The largest absolute Gasteiger partial charge is 0.389 e. The van der Waals surface area contributed by atoms with Crippen LogP contribution in [0.5, 0.6) is 0 Å². The van der Waals surface area contributed by atoms with Gasteiger partial charge in [-0.15, -0.1) is 0 Å². The van der Waals surface area contributed by atoms with Gasteiger partial charge in [-0.25, -0.2) is 0 Å². The molecule has 3 unspecified atom stereocenters. The van der Waals surface area contributed by atoms with Crippen molar-refractivity contribution in [3.05, 3.63) is 33.9 Å². The van der Waals surface area contributed by atoms with Crippen molar-refractivity contribution in [2.45, 2.75) is 37.4 Å². The van der Waals surface area contributed by atoms with Gasteiger partial charge in [0.25, 0.3) is 5.69 Å². The number of nitro groups is 1. The van der Waals surface area contributed by atoms with Gasteiger partial charge in [0.05, 0.1) is 11.0 Å². The number of nitro benzene ring substituents is 1. The molecule has 1 aliphatic rings.